The van der Waals surface area contributed by atoms with Crippen LogP contribution in [0, 0.1) is 0 Å². The lowest BCUT2D eigenvalue weighted by Gasteiger charge is -2.40. The van der Waals surface area contributed by atoms with Crippen molar-refractivity contribution in [2.45, 2.75) is 38.2 Å². The third-order valence-electron chi connectivity index (χ3n) is 3.20. The molecular weight excluding hydrogens is 210 g/mol. The molecule has 1 aromatic carbocycles. The summed E-state index contributed by atoms with van der Waals surface area (Å²) in [5.74, 6) is 0. The topological polar surface area (TPSA) is 38.0 Å². The number of benzene rings is 1. The molecule has 1 saturated carbocycles. The average Bonchev–Trinajstić information content (AvgIpc) is 2.18. The van der Waals surface area contributed by atoms with E-state index >= 15 is 0 Å². The molecule has 1 aliphatic rings. The molecule has 0 unspecified atom stereocenters. The highest BCUT2D eigenvalue weighted by Gasteiger charge is 2.32. The molecular formula is C12H16F2N2. The van der Waals surface area contributed by atoms with E-state index in [-0.39, 0.29) is 11.1 Å². The number of anilines is 2. The molecule has 16 heavy (non-hydrogen) atoms. The van der Waals surface area contributed by atoms with E-state index in [1.54, 1.807) is 12.1 Å². The molecule has 2 rings (SSSR count). The maximum Gasteiger partial charge on any atom is 0.265 e. The summed E-state index contributed by atoms with van der Waals surface area (Å²) in [6.07, 6.45) is 0.720. The smallest absolute Gasteiger partial charge is 0.265 e. The van der Waals surface area contributed by atoms with Gasteiger partial charge in [0, 0.05) is 22.5 Å². The van der Waals surface area contributed by atoms with Crippen LogP contribution in [-0.2, 0) is 0 Å². The van der Waals surface area contributed by atoms with Gasteiger partial charge in [-0.15, -0.1) is 0 Å². The number of nitrogens with one attached hydrogen (secondary N) is 1. The normalized spacial score (nSPS) is 18.2. The fourth-order valence-electron chi connectivity index (χ4n) is 2.03. The van der Waals surface area contributed by atoms with Crippen molar-refractivity contribution in [3.63, 3.8) is 0 Å². The van der Waals surface area contributed by atoms with E-state index in [0.29, 0.717) is 11.4 Å². The van der Waals surface area contributed by atoms with Crippen molar-refractivity contribution in [1.82, 2.24) is 0 Å². The van der Waals surface area contributed by atoms with E-state index in [2.05, 4.69) is 12.2 Å². The summed E-state index contributed by atoms with van der Waals surface area (Å²) in [4.78, 5) is 0. The molecule has 3 N–H and O–H groups in total. The Morgan fingerprint density at radius 1 is 1.38 bits per heavy atom. The summed E-state index contributed by atoms with van der Waals surface area (Å²) >= 11 is 0. The first kappa shape index (κ1) is 11.2. The molecule has 0 spiro atoms. The van der Waals surface area contributed by atoms with Crippen LogP contribution in [-0.4, -0.2) is 5.54 Å². The number of hydrogen-bond donors (Lipinski definition) is 2. The van der Waals surface area contributed by atoms with E-state index < -0.39 is 6.43 Å². The maximum atomic E-state index is 12.8. The Balaban J connectivity index is 2.25. The molecule has 0 heterocycles. The van der Waals surface area contributed by atoms with Crippen molar-refractivity contribution in [2.24, 2.45) is 0 Å². The van der Waals surface area contributed by atoms with Crippen LogP contribution in [0.25, 0.3) is 0 Å². The summed E-state index contributed by atoms with van der Waals surface area (Å²) in [6.45, 7) is 2.06. The fraction of sp³-hybridized carbons (Fsp3) is 0.500. The monoisotopic (exact) mass is 226 g/mol. The van der Waals surface area contributed by atoms with Gasteiger partial charge in [0.25, 0.3) is 6.43 Å². The van der Waals surface area contributed by atoms with Crippen molar-refractivity contribution in [2.75, 3.05) is 11.1 Å². The molecule has 1 aliphatic carbocycles. The summed E-state index contributed by atoms with van der Waals surface area (Å²) in [6, 6.07) is 4.63. The lowest BCUT2D eigenvalue weighted by atomic mass is 9.78. The van der Waals surface area contributed by atoms with E-state index in [9.17, 15) is 8.78 Å². The quantitative estimate of drug-likeness (QED) is 0.773. The van der Waals surface area contributed by atoms with Crippen LogP contribution in [0.2, 0.25) is 0 Å². The summed E-state index contributed by atoms with van der Waals surface area (Å²) < 4.78 is 25.6. The Labute approximate surface area is 93.8 Å². The SMILES string of the molecule is CC1(Nc2ccc(N)cc2C(F)F)CCC1. The maximum absolute atomic E-state index is 12.8. The Morgan fingerprint density at radius 2 is 2.06 bits per heavy atom. The molecule has 4 heteroatoms. The average molecular weight is 226 g/mol. The number of nitrogens with two attached hydrogens (primary N) is 1. The van der Waals surface area contributed by atoms with Gasteiger partial charge in [-0.1, -0.05) is 0 Å². The molecule has 0 saturated heterocycles. The predicted octanol–water partition coefficient (Wildman–Crippen LogP) is 3.56. The minimum Gasteiger partial charge on any atom is -0.399 e. The molecule has 0 aromatic heterocycles. The first-order valence-corrected chi connectivity index (χ1v) is 5.46. The molecule has 1 aromatic rings. The third-order valence-corrected chi connectivity index (χ3v) is 3.20. The van der Waals surface area contributed by atoms with Crippen molar-refractivity contribution in [3.05, 3.63) is 23.8 Å². The zero-order valence-corrected chi connectivity index (χ0v) is 9.26. The zero-order chi connectivity index (χ0) is 11.8. The van der Waals surface area contributed by atoms with Crippen LogP contribution in [0.15, 0.2) is 18.2 Å². The first-order valence-electron chi connectivity index (χ1n) is 5.46. The highest BCUT2D eigenvalue weighted by atomic mass is 19.3. The molecule has 88 valence electrons. The van der Waals surface area contributed by atoms with E-state index in [1.807, 2.05) is 0 Å². The summed E-state index contributed by atoms with van der Waals surface area (Å²) in [5, 5.41) is 3.20. The molecule has 0 aliphatic heterocycles. The summed E-state index contributed by atoms with van der Waals surface area (Å²) in [5.41, 5.74) is 6.36. The minimum atomic E-state index is -2.49. The lowest BCUT2D eigenvalue weighted by molar-refractivity contribution is 0.152. The van der Waals surface area contributed by atoms with Crippen LogP contribution in [0.4, 0.5) is 20.2 Å². The Hall–Kier alpha value is -1.32. The van der Waals surface area contributed by atoms with Gasteiger partial charge in [-0.05, 0) is 44.4 Å². The number of rotatable bonds is 3. The molecule has 2 nitrogen and oxygen atoms in total. The van der Waals surface area contributed by atoms with Gasteiger partial charge in [0.05, 0.1) is 0 Å². The van der Waals surface area contributed by atoms with E-state index in [4.69, 9.17) is 5.73 Å². The van der Waals surface area contributed by atoms with E-state index in [0.717, 1.165) is 19.3 Å². The number of halogens is 2. The standard InChI is InChI=1S/C12H16F2N2/c1-12(5-2-6-12)16-10-4-3-8(15)7-9(10)11(13)14/h3-4,7,11,16H,2,5-6,15H2,1H3. The summed E-state index contributed by atoms with van der Waals surface area (Å²) in [7, 11) is 0. The van der Waals surface area contributed by atoms with Crippen molar-refractivity contribution in [1.29, 1.82) is 0 Å². The van der Waals surface area contributed by atoms with Gasteiger partial charge in [-0.2, -0.15) is 0 Å². The third kappa shape index (κ3) is 2.10. The largest absolute Gasteiger partial charge is 0.399 e. The second-order valence-electron chi connectivity index (χ2n) is 4.69. The molecule has 0 atom stereocenters. The zero-order valence-electron chi connectivity index (χ0n) is 9.26. The van der Waals surface area contributed by atoms with Gasteiger partial charge < -0.3 is 11.1 Å². The Morgan fingerprint density at radius 3 is 2.56 bits per heavy atom. The van der Waals surface area contributed by atoms with Crippen molar-refractivity contribution in [3.8, 4) is 0 Å². The highest BCUT2D eigenvalue weighted by molar-refractivity contribution is 5.59. The van der Waals surface area contributed by atoms with E-state index in [1.165, 1.54) is 6.07 Å². The van der Waals surface area contributed by atoms with Gasteiger partial charge in [-0.25, -0.2) is 8.78 Å². The van der Waals surface area contributed by atoms with Gasteiger partial charge in [0.2, 0.25) is 0 Å². The molecule has 1 fully saturated rings. The van der Waals surface area contributed by atoms with Crippen LogP contribution >= 0.6 is 0 Å². The van der Waals surface area contributed by atoms with Gasteiger partial charge in [0.15, 0.2) is 0 Å². The molecule has 0 amide bonds. The predicted molar refractivity (Wildman–Crippen MR) is 61.7 cm³/mol. The molecule has 0 radical (unpaired) electrons. The highest BCUT2D eigenvalue weighted by Crippen LogP contribution is 2.38. The van der Waals surface area contributed by atoms with Crippen molar-refractivity contribution >= 4 is 11.4 Å². The van der Waals surface area contributed by atoms with Gasteiger partial charge in [0.1, 0.15) is 0 Å². The van der Waals surface area contributed by atoms with Gasteiger partial charge >= 0.3 is 0 Å². The second-order valence-corrected chi connectivity index (χ2v) is 4.69. The Bertz CT molecular complexity index is 387. The number of nitrogen functional groups attached to an aromatic ring is 1. The van der Waals surface area contributed by atoms with Crippen molar-refractivity contribution < 1.29 is 8.78 Å². The van der Waals surface area contributed by atoms with Crippen LogP contribution in [0.1, 0.15) is 38.2 Å². The lowest BCUT2D eigenvalue weighted by Crippen LogP contribution is -2.41. The van der Waals surface area contributed by atoms with Crippen LogP contribution < -0.4 is 11.1 Å². The second kappa shape index (κ2) is 3.92. The van der Waals surface area contributed by atoms with Gasteiger partial charge in [-0.3, -0.25) is 0 Å². The minimum absolute atomic E-state index is 0.00637. The van der Waals surface area contributed by atoms with Crippen LogP contribution in [0.5, 0.6) is 0 Å². The first-order chi connectivity index (χ1) is 7.50. The fourth-order valence-corrected chi connectivity index (χ4v) is 2.03. The number of hydrogen-bond acceptors (Lipinski definition) is 2. The number of alkyl halides is 2. The van der Waals surface area contributed by atoms with Crippen LogP contribution in [0.3, 0.4) is 0 Å². The Kier molecular flexibility index (Phi) is 2.74. The molecule has 0 bridgehead atoms.